The highest BCUT2D eigenvalue weighted by Crippen LogP contribution is 2.26. The first-order chi connectivity index (χ1) is 14.7. The van der Waals surface area contributed by atoms with Crippen LogP contribution in [0.15, 0.2) is 51.4 Å². The maximum Gasteiger partial charge on any atom is 0.257 e. The summed E-state index contributed by atoms with van der Waals surface area (Å²) in [4.78, 5) is 14.6. The smallest absolute Gasteiger partial charge is 0.257 e. The van der Waals surface area contributed by atoms with E-state index in [1.54, 1.807) is 30.2 Å². The topological polar surface area (TPSA) is 116 Å². The van der Waals surface area contributed by atoms with Gasteiger partial charge < -0.3 is 10.2 Å². The van der Waals surface area contributed by atoms with Gasteiger partial charge in [-0.25, -0.2) is 16.8 Å². The van der Waals surface area contributed by atoms with Gasteiger partial charge in [-0.05, 0) is 49.6 Å². The van der Waals surface area contributed by atoms with Crippen molar-refractivity contribution in [3.63, 3.8) is 0 Å². The largest absolute Gasteiger partial charge is 0.330 e. The summed E-state index contributed by atoms with van der Waals surface area (Å²) in [5, 5.41) is 2.78. The third kappa shape index (κ3) is 4.58. The molecule has 31 heavy (non-hydrogen) atoms. The van der Waals surface area contributed by atoms with Gasteiger partial charge in [-0.2, -0.15) is 4.31 Å². The molecule has 1 N–H and O–H groups in total. The van der Waals surface area contributed by atoms with Gasteiger partial charge in [-0.15, -0.1) is 4.40 Å². The molecule has 3 aliphatic heterocycles. The number of hydrogen-bond acceptors (Lipinski definition) is 6. The van der Waals surface area contributed by atoms with Gasteiger partial charge in [0, 0.05) is 31.5 Å². The average molecular weight is 465 g/mol. The molecule has 1 aromatic carbocycles. The minimum absolute atomic E-state index is 0.120. The monoisotopic (exact) mass is 464 g/mol. The van der Waals surface area contributed by atoms with Crippen molar-refractivity contribution in [1.82, 2.24) is 9.21 Å². The van der Waals surface area contributed by atoms with Crippen molar-refractivity contribution in [2.45, 2.75) is 31.1 Å². The van der Waals surface area contributed by atoms with Gasteiger partial charge in [0.25, 0.3) is 15.9 Å². The van der Waals surface area contributed by atoms with E-state index >= 15 is 0 Å². The molecule has 3 aliphatic rings. The summed E-state index contributed by atoms with van der Waals surface area (Å²) in [6.07, 6.45) is 7.24. The number of aryl methyl sites for hydroxylation is 1. The van der Waals surface area contributed by atoms with Crippen molar-refractivity contribution in [1.29, 1.82) is 0 Å². The number of nitrogens with one attached hydrogen (secondary N) is 1. The Balaban J connectivity index is 1.55. The molecule has 166 valence electrons. The van der Waals surface area contributed by atoms with E-state index in [-0.39, 0.29) is 23.0 Å². The van der Waals surface area contributed by atoms with Gasteiger partial charge >= 0.3 is 0 Å². The van der Waals surface area contributed by atoms with Gasteiger partial charge in [0.05, 0.1) is 16.2 Å². The molecule has 0 bridgehead atoms. The highest BCUT2D eigenvalue weighted by molar-refractivity contribution is 7.90. The molecular weight excluding hydrogens is 440 g/mol. The van der Waals surface area contributed by atoms with Crippen molar-refractivity contribution in [2.75, 3.05) is 30.7 Å². The van der Waals surface area contributed by atoms with E-state index in [4.69, 9.17) is 0 Å². The van der Waals surface area contributed by atoms with Crippen LogP contribution in [-0.2, 0) is 24.8 Å². The molecule has 9 nitrogen and oxygen atoms in total. The molecule has 3 heterocycles. The summed E-state index contributed by atoms with van der Waals surface area (Å²) in [5.41, 5.74) is 1.47. The summed E-state index contributed by atoms with van der Waals surface area (Å²) in [6, 6.07) is 4.73. The normalized spacial score (nSPS) is 21.1. The summed E-state index contributed by atoms with van der Waals surface area (Å²) in [5.74, 6) is -0.265. The van der Waals surface area contributed by atoms with Crippen LogP contribution >= 0.6 is 0 Å². The second kappa shape index (κ2) is 8.21. The number of nitrogens with zero attached hydrogens (tertiary/aromatic N) is 3. The number of benzene rings is 1. The van der Waals surface area contributed by atoms with Crippen LogP contribution in [0.4, 0.5) is 5.69 Å². The minimum atomic E-state index is -3.62. The molecule has 1 aromatic rings. The zero-order valence-electron chi connectivity index (χ0n) is 17.1. The zero-order valence-corrected chi connectivity index (χ0v) is 18.7. The van der Waals surface area contributed by atoms with E-state index in [1.165, 1.54) is 22.5 Å². The van der Waals surface area contributed by atoms with Gasteiger partial charge in [0.15, 0.2) is 0 Å². The number of carbonyl (C=O) groups excluding carboxylic acids is 1. The Kier molecular flexibility index (Phi) is 5.75. The summed E-state index contributed by atoms with van der Waals surface area (Å²) in [6.45, 7) is 3.01. The lowest BCUT2D eigenvalue weighted by molar-refractivity contribution is -0.112. The Morgan fingerprint density at radius 2 is 1.84 bits per heavy atom. The van der Waals surface area contributed by atoms with Crippen molar-refractivity contribution in [3.8, 4) is 0 Å². The molecule has 4 rings (SSSR count). The van der Waals surface area contributed by atoms with Gasteiger partial charge in [0.1, 0.15) is 5.84 Å². The number of amides is 1. The van der Waals surface area contributed by atoms with E-state index < -0.39 is 26.0 Å². The Bertz CT molecular complexity index is 1210. The summed E-state index contributed by atoms with van der Waals surface area (Å²) >= 11 is 0. The third-order valence-corrected chi connectivity index (χ3v) is 8.55. The molecule has 0 atom stereocenters. The number of fused-ring (bicyclic) bond motifs is 1. The Hall–Kier alpha value is -2.50. The lowest BCUT2D eigenvalue weighted by Crippen LogP contribution is -2.37. The van der Waals surface area contributed by atoms with E-state index in [1.807, 2.05) is 0 Å². The van der Waals surface area contributed by atoms with Crippen LogP contribution < -0.4 is 5.32 Å². The third-order valence-electron chi connectivity index (χ3n) is 5.50. The molecule has 1 saturated heterocycles. The molecule has 0 spiro atoms. The molecule has 0 aromatic heterocycles. The highest BCUT2D eigenvalue weighted by Gasteiger charge is 2.27. The molecule has 1 amide bonds. The fourth-order valence-corrected chi connectivity index (χ4v) is 6.19. The number of rotatable bonds is 4. The Morgan fingerprint density at radius 1 is 1.10 bits per heavy atom. The maximum atomic E-state index is 13.0. The van der Waals surface area contributed by atoms with E-state index in [2.05, 4.69) is 9.71 Å². The van der Waals surface area contributed by atoms with E-state index in [9.17, 15) is 21.6 Å². The first kappa shape index (κ1) is 21.7. The van der Waals surface area contributed by atoms with Crippen molar-refractivity contribution >= 4 is 37.5 Å². The van der Waals surface area contributed by atoms with Crippen molar-refractivity contribution < 1.29 is 21.6 Å². The van der Waals surface area contributed by atoms with Crippen LogP contribution in [-0.4, -0.2) is 63.2 Å². The second-order valence-electron chi connectivity index (χ2n) is 7.74. The minimum Gasteiger partial charge on any atom is -0.330 e. The van der Waals surface area contributed by atoms with Crippen molar-refractivity contribution in [2.24, 2.45) is 4.40 Å². The van der Waals surface area contributed by atoms with Gasteiger partial charge in [-0.3, -0.25) is 4.79 Å². The fourth-order valence-electron chi connectivity index (χ4n) is 3.68. The Labute approximate surface area is 182 Å². The van der Waals surface area contributed by atoms with Crippen molar-refractivity contribution in [3.05, 3.63) is 47.7 Å². The van der Waals surface area contributed by atoms with Crippen LogP contribution in [0.25, 0.3) is 0 Å². The predicted molar refractivity (Wildman–Crippen MR) is 118 cm³/mol. The van der Waals surface area contributed by atoms with Crippen LogP contribution in [0.1, 0.15) is 24.8 Å². The van der Waals surface area contributed by atoms with E-state index in [0.29, 0.717) is 24.4 Å². The number of hydrogen-bond donors (Lipinski definition) is 1. The summed E-state index contributed by atoms with van der Waals surface area (Å²) in [7, 11) is -7.09. The zero-order chi connectivity index (χ0) is 22.2. The average Bonchev–Trinajstić information content (AvgIpc) is 2.74. The SMILES string of the molecule is Cc1ccc(S(=O)(=O)N2CCCCC2)cc1NC(=O)C1=CN2CCS(=O)(=O)N=C2C=C1. The molecule has 11 heteroatoms. The molecule has 0 aliphatic carbocycles. The van der Waals surface area contributed by atoms with Crippen LogP contribution in [0.2, 0.25) is 0 Å². The number of anilines is 1. The summed E-state index contributed by atoms with van der Waals surface area (Å²) < 4.78 is 54.4. The van der Waals surface area contributed by atoms with E-state index in [0.717, 1.165) is 24.8 Å². The lowest BCUT2D eigenvalue weighted by atomic mass is 10.1. The molecule has 0 unspecified atom stereocenters. The van der Waals surface area contributed by atoms with Gasteiger partial charge in [-0.1, -0.05) is 12.5 Å². The molecule has 1 fully saturated rings. The number of amidine groups is 1. The number of piperidine rings is 1. The fraction of sp³-hybridized carbons (Fsp3) is 0.400. The highest BCUT2D eigenvalue weighted by atomic mass is 32.2. The second-order valence-corrected chi connectivity index (χ2v) is 11.4. The first-order valence-electron chi connectivity index (χ1n) is 10.1. The van der Waals surface area contributed by atoms with Crippen LogP contribution in [0.5, 0.6) is 0 Å². The number of sulfonamides is 2. The van der Waals surface area contributed by atoms with Crippen LogP contribution in [0.3, 0.4) is 0 Å². The maximum absolute atomic E-state index is 13.0. The van der Waals surface area contributed by atoms with Gasteiger partial charge in [0.2, 0.25) is 10.0 Å². The quantitative estimate of drug-likeness (QED) is 0.724. The molecule has 0 radical (unpaired) electrons. The number of carbonyl (C=O) groups is 1. The standard InChI is InChI=1S/C20H24N4O5S2/c1-15-5-7-17(31(28,29)24-9-3-2-4-10-24)13-18(15)21-20(25)16-6-8-19-22-30(26,27)12-11-23(19)14-16/h5-8,13-14H,2-4,9-12H2,1H3,(H,21,25). The lowest BCUT2D eigenvalue weighted by Gasteiger charge is -2.27. The Morgan fingerprint density at radius 3 is 2.58 bits per heavy atom. The first-order valence-corrected chi connectivity index (χ1v) is 13.1. The predicted octanol–water partition coefficient (Wildman–Crippen LogP) is 1.61. The molecular formula is C20H24N4O5S2. The van der Waals surface area contributed by atoms with Crippen LogP contribution in [0, 0.1) is 6.92 Å². The molecule has 0 saturated carbocycles.